The molecule has 0 radical (unpaired) electrons. The molecule has 0 saturated carbocycles. The molecule has 2 heterocycles. The zero-order valence-electron chi connectivity index (χ0n) is 9.53. The minimum Gasteiger partial charge on any atom is -0.393 e. The molecule has 1 aromatic rings. The largest absolute Gasteiger partial charge is 0.393 e. The van der Waals surface area contributed by atoms with Gasteiger partial charge in [-0.05, 0) is 30.9 Å². The summed E-state index contributed by atoms with van der Waals surface area (Å²) >= 11 is 7.57. The third-order valence-corrected chi connectivity index (χ3v) is 4.53. The van der Waals surface area contributed by atoms with Crippen LogP contribution < -0.4 is 0 Å². The van der Waals surface area contributed by atoms with Gasteiger partial charge in [0.25, 0.3) is 0 Å². The molecule has 2 unspecified atom stereocenters. The Morgan fingerprint density at radius 1 is 1.56 bits per heavy atom. The third-order valence-electron chi connectivity index (χ3n) is 3.31. The molecule has 0 amide bonds. The van der Waals surface area contributed by atoms with Gasteiger partial charge in [0.1, 0.15) is 0 Å². The highest BCUT2D eigenvalue weighted by molar-refractivity contribution is 7.16. The molecule has 1 N–H and O–H groups in total. The minimum atomic E-state index is -0.104. The molecule has 0 bridgehead atoms. The molecule has 1 aliphatic heterocycles. The van der Waals surface area contributed by atoms with E-state index in [-0.39, 0.29) is 6.10 Å². The summed E-state index contributed by atoms with van der Waals surface area (Å²) in [4.78, 5) is 3.74. The number of aliphatic hydroxyl groups is 1. The monoisotopic (exact) mass is 259 g/mol. The number of thiophene rings is 1. The average Bonchev–Trinajstić information content (AvgIpc) is 2.67. The predicted molar refractivity (Wildman–Crippen MR) is 69.0 cm³/mol. The summed E-state index contributed by atoms with van der Waals surface area (Å²) in [5.74, 6) is 0.434. The fourth-order valence-electron chi connectivity index (χ4n) is 2.30. The van der Waals surface area contributed by atoms with Crippen molar-refractivity contribution < 1.29 is 5.11 Å². The fraction of sp³-hybridized carbons (Fsp3) is 0.667. The van der Waals surface area contributed by atoms with Crippen molar-refractivity contribution in [3.05, 3.63) is 21.3 Å². The summed E-state index contributed by atoms with van der Waals surface area (Å²) in [6.45, 7) is 5.13. The van der Waals surface area contributed by atoms with Crippen LogP contribution in [0.25, 0.3) is 0 Å². The lowest BCUT2D eigenvalue weighted by molar-refractivity contribution is 0.0225. The first kappa shape index (κ1) is 12.4. The maximum atomic E-state index is 9.81. The van der Waals surface area contributed by atoms with Crippen LogP contribution >= 0.6 is 22.9 Å². The van der Waals surface area contributed by atoms with Crippen LogP contribution in [0.15, 0.2) is 12.1 Å². The van der Waals surface area contributed by atoms with Gasteiger partial charge in [-0.3, -0.25) is 4.90 Å². The van der Waals surface area contributed by atoms with Gasteiger partial charge in [0.05, 0.1) is 10.4 Å². The van der Waals surface area contributed by atoms with E-state index in [1.54, 1.807) is 11.3 Å². The standard InChI is InChI=1S/C12H18ClNOS/c1-2-9-7-14(6-5-11(9)15)8-10-3-4-12(13)16-10/h3-4,9,11,15H,2,5-8H2,1H3. The van der Waals surface area contributed by atoms with Gasteiger partial charge in [-0.1, -0.05) is 18.5 Å². The molecule has 1 aliphatic rings. The normalized spacial score (nSPS) is 27.2. The first-order chi connectivity index (χ1) is 7.69. The summed E-state index contributed by atoms with van der Waals surface area (Å²) < 4.78 is 0.860. The molecule has 0 aromatic carbocycles. The Morgan fingerprint density at radius 3 is 3.00 bits per heavy atom. The van der Waals surface area contributed by atoms with Gasteiger partial charge in [-0.15, -0.1) is 11.3 Å². The number of aliphatic hydroxyl groups excluding tert-OH is 1. The van der Waals surface area contributed by atoms with Crippen LogP contribution in [0.4, 0.5) is 0 Å². The van der Waals surface area contributed by atoms with E-state index in [0.29, 0.717) is 5.92 Å². The Bertz CT molecular complexity index is 342. The van der Waals surface area contributed by atoms with Gasteiger partial charge in [0, 0.05) is 24.5 Å². The van der Waals surface area contributed by atoms with E-state index < -0.39 is 0 Å². The maximum absolute atomic E-state index is 9.81. The highest BCUT2D eigenvalue weighted by Gasteiger charge is 2.26. The SMILES string of the molecule is CCC1CN(Cc2ccc(Cl)s2)CCC1O. The molecule has 2 nitrogen and oxygen atoms in total. The Hall–Kier alpha value is -0.0900. The maximum Gasteiger partial charge on any atom is 0.0931 e. The van der Waals surface area contributed by atoms with Crippen molar-refractivity contribution >= 4 is 22.9 Å². The minimum absolute atomic E-state index is 0.104. The van der Waals surface area contributed by atoms with E-state index in [0.717, 1.165) is 36.8 Å². The van der Waals surface area contributed by atoms with E-state index in [1.807, 2.05) is 6.07 Å². The van der Waals surface area contributed by atoms with Crippen LogP contribution in [0.3, 0.4) is 0 Å². The lowest BCUT2D eigenvalue weighted by Gasteiger charge is -2.35. The van der Waals surface area contributed by atoms with Crippen molar-refractivity contribution in [3.8, 4) is 0 Å². The Labute approximate surface area is 106 Å². The van der Waals surface area contributed by atoms with Gasteiger partial charge in [0.15, 0.2) is 0 Å². The van der Waals surface area contributed by atoms with Gasteiger partial charge in [0.2, 0.25) is 0 Å². The zero-order valence-corrected chi connectivity index (χ0v) is 11.1. The molecule has 1 aromatic heterocycles. The molecule has 90 valence electrons. The second kappa shape index (κ2) is 5.50. The second-order valence-electron chi connectivity index (χ2n) is 4.47. The van der Waals surface area contributed by atoms with E-state index in [4.69, 9.17) is 11.6 Å². The first-order valence-electron chi connectivity index (χ1n) is 5.83. The van der Waals surface area contributed by atoms with Crippen molar-refractivity contribution in [2.75, 3.05) is 13.1 Å². The number of likely N-dealkylation sites (tertiary alicyclic amines) is 1. The van der Waals surface area contributed by atoms with E-state index in [1.165, 1.54) is 4.88 Å². The molecule has 16 heavy (non-hydrogen) atoms. The van der Waals surface area contributed by atoms with Crippen LogP contribution in [0.1, 0.15) is 24.6 Å². The van der Waals surface area contributed by atoms with Crippen molar-refractivity contribution in [3.63, 3.8) is 0 Å². The van der Waals surface area contributed by atoms with E-state index in [9.17, 15) is 5.11 Å². The number of nitrogens with zero attached hydrogens (tertiary/aromatic N) is 1. The zero-order chi connectivity index (χ0) is 11.5. The van der Waals surface area contributed by atoms with Crippen molar-refractivity contribution in [1.29, 1.82) is 0 Å². The highest BCUT2D eigenvalue weighted by Crippen LogP contribution is 2.26. The third kappa shape index (κ3) is 2.98. The number of rotatable bonds is 3. The summed E-state index contributed by atoms with van der Waals surface area (Å²) in [7, 11) is 0. The van der Waals surface area contributed by atoms with Gasteiger partial charge < -0.3 is 5.11 Å². The molecule has 0 aliphatic carbocycles. The highest BCUT2D eigenvalue weighted by atomic mass is 35.5. The summed E-state index contributed by atoms with van der Waals surface area (Å²) in [5, 5.41) is 9.81. The van der Waals surface area contributed by atoms with Gasteiger partial charge >= 0.3 is 0 Å². The fourth-order valence-corrected chi connectivity index (χ4v) is 3.43. The van der Waals surface area contributed by atoms with Crippen molar-refractivity contribution in [2.24, 2.45) is 5.92 Å². The Kier molecular flexibility index (Phi) is 4.25. The quantitative estimate of drug-likeness (QED) is 0.902. The molecule has 1 fully saturated rings. The van der Waals surface area contributed by atoms with E-state index >= 15 is 0 Å². The van der Waals surface area contributed by atoms with Crippen LogP contribution in [-0.2, 0) is 6.54 Å². The number of piperidine rings is 1. The smallest absolute Gasteiger partial charge is 0.0931 e. The van der Waals surface area contributed by atoms with Crippen molar-refractivity contribution in [2.45, 2.75) is 32.4 Å². The Morgan fingerprint density at radius 2 is 2.38 bits per heavy atom. The number of hydrogen-bond acceptors (Lipinski definition) is 3. The average molecular weight is 260 g/mol. The van der Waals surface area contributed by atoms with Crippen LogP contribution in [0.5, 0.6) is 0 Å². The molecule has 2 atom stereocenters. The number of halogens is 1. The Balaban J connectivity index is 1.91. The molecular weight excluding hydrogens is 242 g/mol. The lowest BCUT2D eigenvalue weighted by Crippen LogP contribution is -2.42. The molecule has 2 rings (SSSR count). The van der Waals surface area contributed by atoms with Crippen LogP contribution in [-0.4, -0.2) is 29.2 Å². The lowest BCUT2D eigenvalue weighted by atomic mass is 9.92. The predicted octanol–water partition coefficient (Wildman–Crippen LogP) is 2.99. The summed E-state index contributed by atoms with van der Waals surface area (Å²) in [6, 6.07) is 4.05. The number of hydrogen-bond donors (Lipinski definition) is 1. The molecule has 4 heteroatoms. The molecular formula is C12H18ClNOS. The molecule has 1 saturated heterocycles. The van der Waals surface area contributed by atoms with Crippen LogP contribution in [0, 0.1) is 5.92 Å². The molecule has 0 spiro atoms. The van der Waals surface area contributed by atoms with Gasteiger partial charge in [-0.25, -0.2) is 0 Å². The van der Waals surface area contributed by atoms with E-state index in [2.05, 4.69) is 17.9 Å². The van der Waals surface area contributed by atoms with Crippen molar-refractivity contribution in [1.82, 2.24) is 4.90 Å². The summed E-state index contributed by atoms with van der Waals surface area (Å²) in [6.07, 6.45) is 1.86. The van der Waals surface area contributed by atoms with Crippen LogP contribution in [0.2, 0.25) is 4.34 Å². The van der Waals surface area contributed by atoms with Gasteiger partial charge in [-0.2, -0.15) is 0 Å². The second-order valence-corrected chi connectivity index (χ2v) is 6.26. The first-order valence-corrected chi connectivity index (χ1v) is 7.03. The topological polar surface area (TPSA) is 23.5 Å². The summed E-state index contributed by atoms with van der Waals surface area (Å²) in [5.41, 5.74) is 0.